The van der Waals surface area contributed by atoms with E-state index in [1.807, 2.05) is 24.3 Å². The zero-order chi connectivity index (χ0) is 27.1. The Morgan fingerprint density at radius 3 is 2.08 bits per heavy atom. The Labute approximate surface area is 225 Å². The fraction of sp³-hybridized carbons (Fsp3) is 0.241. The number of hydrogen-bond donors (Lipinski definition) is 1. The van der Waals surface area contributed by atoms with Crippen LogP contribution in [0.4, 0.5) is 4.39 Å². The normalized spacial score (nSPS) is 17.4. The third-order valence-electron chi connectivity index (χ3n) is 6.37. The van der Waals surface area contributed by atoms with E-state index in [9.17, 15) is 19.1 Å². The van der Waals surface area contributed by atoms with Crippen LogP contribution in [0, 0.1) is 5.82 Å². The average molecular weight is 542 g/mol. The Morgan fingerprint density at radius 2 is 1.57 bits per heavy atom. The van der Waals surface area contributed by atoms with E-state index in [0.717, 1.165) is 5.56 Å². The van der Waals surface area contributed by atoms with E-state index in [1.165, 1.54) is 36.3 Å². The fourth-order valence-corrected chi connectivity index (χ4v) is 5.03. The second-order valence-electron chi connectivity index (χ2n) is 9.90. The largest absolute Gasteiger partial charge is 0.507 e. The Bertz CT molecular complexity index is 1370. The number of aliphatic hydroxyl groups is 1. The van der Waals surface area contributed by atoms with Crippen molar-refractivity contribution in [2.45, 2.75) is 38.8 Å². The molecule has 192 valence electrons. The molecule has 4 rings (SSSR count). The van der Waals surface area contributed by atoms with Gasteiger partial charge in [-0.25, -0.2) is 4.39 Å². The van der Waals surface area contributed by atoms with Gasteiger partial charge in [0.25, 0.3) is 11.7 Å². The van der Waals surface area contributed by atoms with Crippen LogP contribution in [0.2, 0.25) is 10.0 Å². The van der Waals surface area contributed by atoms with Crippen molar-refractivity contribution in [1.82, 2.24) is 4.90 Å². The summed E-state index contributed by atoms with van der Waals surface area (Å²) in [4.78, 5) is 27.9. The molecular weight excluding hydrogens is 516 g/mol. The molecule has 5 nitrogen and oxygen atoms in total. The van der Waals surface area contributed by atoms with Crippen LogP contribution in [-0.2, 0) is 21.5 Å². The molecule has 1 N–H and O–H groups in total. The molecule has 0 spiro atoms. The molecule has 37 heavy (non-hydrogen) atoms. The van der Waals surface area contributed by atoms with Crippen LogP contribution in [0.5, 0.6) is 5.75 Å². The highest BCUT2D eigenvalue weighted by Gasteiger charge is 2.46. The van der Waals surface area contributed by atoms with Gasteiger partial charge >= 0.3 is 0 Å². The number of carbonyl (C=O) groups is 2. The maximum atomic E-state index is 13.5. The van der Waals surface area contributed by atoms with Gasteiger partial charge in [0.05, 0.1) is 28.8 Å². The van der Waals surface area contributed by atoms with Gasteiger partial charge in [0.15, 0.2) is 5.75 Å². The first-order chi connectivity index (χ1) is 17.4. The first kappa shape index (κ1) is 26.7. The summed E-state index contributed by atoms with van der Waals surface area (Å²) in [7, 11) is 1.41. The molecule has 1 saturated heterocycles. The smallest absolute Gasteiger partial charge is 0.295 e. The van der Waals surface area contributed by atoms with Crippen molar-refractivity contribution in [3.8, 4) is 5.75 Å². The number of Topliss-reactive ketones (excluding diaryl/α,β-unsaturated/α-hetero) is 1. The van der Waals surface area contributed by atoms with Crippen molar-refractivity contribution in [2.75, 3.05) is 7.11 Å². The predicted molar refractivity (Wildman–Crippen MR) is 142 cm³/mol. The third-order valence-corrected chi connectivity index (χ3v) is 6.94. The van der Waals surface area contributed by atoms with Crippen LogP contribution in [0.1, 0.15) is 49.1 Å². The summed E-state index contributed by atoms with van der Waals surface area (Å²) in [5.41, 5.74) is 2.32. The summed E-state index contributed by atoms with van der Waals surface area (Å²) in [6, 6.07) is 15.2. The van der Waals surface area contributed by atoms with Gasteiger partial charge in [-0.2, -0.15) is 0 Å². The molecule has 0 radical (unpaired) electrons. The highest BCUT2D eigenvalue weighted by atomic mass is 35.5. The molecule has 1 heterocycles. The first-order valence-electron chi connectivity index (χ1n) is 11.6. The minimum absolute atomic E-state index is 0.0391. The Balaban J connectivity index is 1.88. The van der Waals surface area contributed by atoms with Gasteiger partial charge in [-0.15, -0.1) is 0 Å². The van der Waals surface area contributed by atoms with Gasteiger partial charge in [0.1, 0.15) is 11.6 Å². The van der Waals surface area contributed by atoms with E-state index in [-0.39, 0.29) is 38.9 Å². The van der Waals surface area contributed by atoms with E-state index >= 15 is 0 Å². The summed E-state index contributed by atoms with van der Waals surface area (Å²) in [6.07, 6.45) is 0. The molecule has 0 saturated carbocycles. The van der Waals surface area contributed by atoms with E-state index in [0.29, 0.717) is 11.1 Å². The second-order valence-corrected chi connectivity index (χ2v) is 10.7. The maximum absolute atomic E-state index is 13.5. The van der Waals surface area contributed by atoms with Crippen LogP contribution in [0.3, 0.4) is 0 Å². The van der Waals surface area contributed by atoms with Gasteiger partial charge in [-0.1, -0.05) is 80.4 Å². The summed E-state index contributed by atoms with van der Waals surface area (Å²) < 4.78 is 18.7. The highest BCUT2D eigenvalue weighted by molar-refractivity contribution is 6.46. The topological polar surface area (TPSA) is 66.8 Å². The molecule has 0 aromatic heterocycles. The van der Waals surface area contributed by atoms with Crippen molar-refractivity contribution in [3.63, 3.8) is 0 Å². The maximum Gasteiger partial charge on any atom is 0.295 e. The minimum atomic E-state index is -0.890. The lowest BCUT2D eigenvalue weighted by Gasteiger charge is -2.26. The number of methoxy groups -OCH3 is 1. The number of rotatable bonds is 5. The van der Waals surface area contributed by atoms with Gasteiger partial charge in [0, 0.05) is 12.1 Å². The summed E-state index contributed by atoms with van der Waals surface area (Å²) in [5, 5.41) is 11.6. The quantitative estimate of drug-likeness (QED) is 0.213. The van der Waals surface area contributed by atoms with Crippen molar-refractivity contribution >= 4 is 40.7 Å². The molecule has 1 fully saturated rings. The fourth-order valence-electron chi connectivity index (χ4n) is 4.39. The number of ether oxygens (including phenoxy) is 1. The summed E-state index contributed by atoms with van der Waals surface area (Å²) in [5.74, 6) is -2.20. The van der Waals surface area contributed by atoms with E-state index < -0.39 is 29.3 Å². The molecule has 1 aliphatic rings. The Hall–Kier alpha value is -3.35. The zero-order valence-corrected chi connectivity index (χ0v) is 22.3. The zero-order valence-electron chi connectivity index (χ0n) is 20.8. The lowest BCUT2D eigenvalue weighted by Crippen LogP contribution is -2.29. The van der Waals surface area contributed by atoms with Crippen molar-refractivity contribution < 1.29 is 23.8 Å². The number of ketones is 1. The average Bonchev–Trinajstić information content (AvgIpc) is 3.09. The standard InChI is InChI=1S/C29H26Cl2FNO4/c1-29(2,3)19-9-7-17(8-10-19)24-23(25(34)18-13-21(30)27(37-4)22(31)14-18)26(35)28(36)33(24)15-16-5-11-20(32)12-6-16/h5-14,24,34H,15H2,1-4H3/b25-23+. The van der Waals surface area contributed by atoms with E-state index in [4.69, 9.17) is 27.9 Å². The SMILES string of the molecule is COc1c(Cl)cc(/C(O)=C2\C(=O)C(=O)N(Cc3ccc(F)cc3)C2c2ccc(C(C)(C)C)cc2)cc1Cl. The molecule has 1 unspecified atom stereocenters. The summed E-state index contributed by atoms with van der Waals surface area (Å²) >= 11 is 12.6. The van der Waals surface area contributed by atoms with Crippen LogP contribution >= 0.6 is 23.2 Å². The monoisotopic (exact) mass is 541 g/mol. The molecule has 1 amide bonds. The number of aliphatic hydroxyl groups excluding tert-OH is 1. The molecule has 0 bridgehead atoms. The molecule has 0 aliphatic carbocycles. The summed E-state index contributed by atoms with van der Waals surface area (Å²) in [6.45, 7) is 6.29. The molecule has 1 atom stereocenters. The van der Waals surface area contributed by atoms with Gasteiger partial charge in [-0.3, -0.25) is 9.59 Å². The van der Waals surface area contributed by atoms with Crippen molar-refractivity contribution in [1.29, 1.82) is 0 Å². The van der Waals surface area contributed by atoms with Crippen LogP contribution < -0.4 is 4.74 Å². The lowest BCUT2D eigenvalue weighted by molar-refractivity contribution is -0.140. The van der Waals surface area contributed by atoms with Crippen LogP contribution in [0.25, 0.3) is 5.76 Å². The number of hydrogen-bond acceptors (Lipinski definition) is 4. The van der Waals surface area contributed by atoms with E-state index in [2.05, 4.69) is 20.8 Å². The molecule has 3 aromatic rings. The molecule has 8 heteroatoms. The minimum Gasteiger partial charge on any atom is -0.507 e. The second kappa shape index (κ2) is 10.2. The molecule has 3 aromatic carbocycles. The highest BCUT2D eigenvalue weighted by Crippen LogP contribution is 2.43. The number of benzene rings is 3. The van der Waals surface area contributed by atoms with E-state index in [1.54, 1.807) is 12.1 Å². The third kappa shape index (κ3) is 5.22. The number of halogens is 3. The van der Waals surface area contributed by atoms with Gasteiger partial charge < -0.3 is 14.7 Å². The Morgan fingerprint density at radius 1 is 1.00 bits per heavy atom. The molecular formula is C29H26Cl2FNO4. The van der Waals surface area contributed by atoms with Gasteiger partial charge in [0.2, 0.25) is 0 Å². The number of nitrogens with zero attached hydrogens (tertiary/aromatic N) is 1. The predicted octanol–water partition coefficient (Wildman–Crippen LogP) is 7.06. The van der Waals surface area contributed by atoms with Crippen molar-refractivity contribution in [2.24, 2.45) is 0 Å². The van der Waals surface area contributed by atoms with Crippen LogP contribution in [-0.4, -0.2) is 28.8 Å². The Kier molecular flexibility index (Phi) is 7.36. The van der Waals surface area contributed by atoms with Crippen LogP contribution in [0.15, 0.2) is 66.2 Å². The number of amides is 1. The molecule has 1 aliphatic heterocycles. The first-order valence-corrected chi connectivity index (χ1v) is 12.3. The van der Waals surface area contributed by atoms with Gasteiger partial charge in [-0.05, 0) is 46.4 Å². The lowest BCUT2D eigenvalue weighted by atomic mass is 9.85. The number of carbonyl (C=O) groups excluding carboxylic acids is 2. The van der Waals surface area contributed by atoms with Crippen molar-refractivity contribution in [3.05, 3.63) is 104 Å². The number of likely N-dealkylation sites (tertiary alicyclic amines) is 1.